The summed E-state index contributed by atoms with van der Waals surface area (Å²) in [5, 5.41) is 4.23. The fourth-order valence-electron chi connectivity index (χ4n) is 1.86. The Hall–Kier alpha value is -1.59. The smallest absolute Gasteiger partial charge is 0.295 e. The van der Waals surface area contributed by atoms with Gasteiger partial charge >= 0.3 is 0 Å². The van der Waals surface area contributed by atoms with Crippen LogP contribution in [0.25, 0.3) is 10.8 Å². The number of rotatable bonds is 2. The average Bonchev–Trinajstić information content (AvgIpc) is 2.27. The van der Waals surface area contributed by atoms with Crippen molar-refractivity contribution in [3.8, 4) is 0 Å². The van der Waals surface area contributed by atoms with Gasteiger partial charge in [-0.3, -0.25) is 4.55 Å². The van der Waals surface area contributed by atoms with E-state index in [9.17, 15) is 13.0 Å². The Morgan fingerprint density at radius 1 is 1.18 bits per heavy atom. The van der Waals surface area contributed by atoms with Gasteiger partial charge in [-0.05, 0) is 30.0 Å². The summed E-state index contributed by atoms with van der Waals surface area (Å²) in [5.41, 5.74) is 1.61. The Morgan fingerprint density at radius 3 is 2.47 bits per heavy atom. The zero-order valence-electron chi connectivity index (χ0n) is 9.56. The first-order valence-corrected chi connectivity index (χ1v) is 6.56. The molecule has 17 heavy (non-hydrogen) atoms. The molecule has 90 valence electrons. The molecular weight excluding hydrogens is 238 g/mol. The van der Waals surface area contributed by atoms with Crippen molar-refractivity contribution in [2.24, 2.45) is 0 Å². The molecule has 2 aromatic rings. The lowest BCUT2D eigenvalue weighted by atomic mass is 10.0. The van der Waals surface area contributed by atoms with Crippen LogP contribution in [0.15, 0.2) is 35.2 Å². The van der Waals surface area contributed by atoms with E-state index in [1.807, 2.05) is 19.1 Å². The SMILES string of the molecule is CNc1cc(S(=O)(=O)O)c2cccc(C)c2c1. The molecule has 0 aliphatic carbocycles. The van der Waals surface area contributed by atoms with E-state index in [0.29, 0.717) is 11.1 Å². The molecule has 0 saturated carbocycles. The summed E-state index contributed by atoms with van der Waals surface area (Å²) in [6.45, 7) is 1.90. The highest BCUT2D eigenvalue weighted by Crippen LogP contribution is 2.29. The van der Waals surface area contributed by atoms with Crippen LogP contribution in [0.5, 0.6) is 0 Å². The first-order chi connectivity index (χ1) is 7.93. The van der Waals surface area contributed by atoms with Gasteiger partial charge in [0.25, 0.3) is 10.1 Å². The summed E-state index contributed by atoms with van der Waals surface area (Å²) in [6, 6.07) is 8.64. The molecule has 0 amide bonds. The Kier molecular flexibility index (Phi) is 2.81. The van der Waals surface area contributed by atoms with Gasteiger partial charge in [0.2, 0.25) is 0 Å². The fourth-order valence-corrected chi connectivity index (χ4v) is 2.59. The Labute approximate surface area is 100 Å². The van der Waals surface area contributed by atoms with Gasteiger partial charge in [0.05, 0.1) is 0 Å². The third-order valence-electron chi connectivity index (χ3n) is 2.74. The van der Waals surface area contributed by atoms with Crippen molar-refractivity contribution < 1.29 is 13.0 Å². The molecule has 4 nitrogen and oxygen atoms in total. The van der Waals surface area contributed by atoms with Crippen molar-refractivity contribution >= 4 is 26.6 Å². The van der Waals surface area contributed by atoms with Crippen LogP contribution in [0.1, 0.15) is 5.56 Å². The Morgan fingerprint density at radius 2 is 1.88 bits per heavy atom. The van der Waals surface area contributed by atoms with Gasteiger partial charge in [0.15, 0.2) is 0 Å². The van der Waals surface area contributed by atoms with Crippen LogP contribution in [-0.2, 0) is 10.1 Å². The lowest BCUT2D eigenvalue weighted by Gasteiger charge is -2.09. The molecule has 0 fully saturated rings. The normalized spacial score (nSPS) is 11.7. The molecule has 0 aliphatic heterocycles. The van der Waals surface area contributed by atoms with Gasteiger partial charge in [-0.1, -0.05) is 18.2 Å². The van der Waals surface area contributed by atoms with Crippen molar-refractivity contribution in [3.63, 3.8) is 0 Å². The largest absolute Gasteiger partial charge is 0.388 e. The second-order valence-electron chi connectivity index (χ2n) is 3.87. The van der Waals surface area contributed by atoms with Gasteiger partial charge in [-0.2, -0.15) is 8.42 Å². The topological polar surface area (TPSA) is 66.4 Å². The van der Waals surface area contributed by atoms with E-state index in [2.05, 4.69) is 5.32 Å². The van der Waals surface area contributed by atoms with Crippen molar-refractivity contribution in [1.29, 1.82) is 0 Å². The second-order valence-corrected chi connectivity index (χ2v) is 5.26. The number of aryl methyl sites for hydroxylation is 1. The molecule has 0 saturated heterocycles. The highest BCUT2D eigenvalue weighted by molar-refractivity contribution is 7.86. The molecule has 0 radical (unpaired) electrons. The van der Waals surface area contributed by atoms with E-state index < -0.39 is 10.1 Å². The molecule has 0 aromatic heterocycles. The number of anilines is 1. The number of fused-ring (bicyclic) bond motifs is 1. The zero-order valence-corrected chi connectivity index (χ0v) is 10.4. The van der Waals surface area contributed by atoms with Crippen LogP contribution in [0.2, 0.25) is 0 Å². The predicted octanol–water partition coefficient (Wildman–Crippen LogP) is 2.44. The van der Waals surface area contributed by atoms with Crippen LogP contribution in [0.4, 0.5) is 5.69 Å². The van der Waals surface area contributed by atoms with Crippen molar-refractivity contribution in [2.45, 2.75) is 11.8 Å². The summed E-state index contributed by atoms with van der Waals surface area (Å²) < 4.78 is 32.0. The van der Waals surface area contributed by atoms with E-state index >= 15 is 0 Å². The minimum absolute atomic E-state index is 0.0666. The van der Waals surface area contributed by atoms with Crippen LogP contribution in [0, 0.1) is 6.92 Å². The summed E-state index contributed by atoms with van der Waals surface area (Å²) in [4.78, 5) is -0.0666. The summed E-state index contributed by atoms with van der Waals surface area (Å²) in [5.74, 6) is 0. The van der Waals surface area contributed by atoms with Crippen LogP contribution in [0.3, 0.4) is 0 Å². The standard InChI is InChI=1S/C12H13NO3S/c1-8-4-3-5-10-11(8)6-9(13-2)7-12(10)17(14,15)16/h3-7,13H,1-2H3,(H,14,15,16). The minimum atomic E-state index is -4.22. The maximum absolute atomic E-state index is 11.4. The Balaban J connectivity index is 2.96. The van der Waals surface area contributed by atoms with Crippen molar-refractivity contribution in [2.75, 3.05) is 12.4 Å². The highest BCUT2D eigenvalue weighted by atomic mass is 32.2. The lowest BCUT2D eigenvalue weighted by molar-refractivity contribution is 0.484. The third kappa shape index (κ3) is 2.11. The molecule has 0 atom stereocenters. The highest BCUT2D eigenvalue weighted by Gasteiger charge is 2.15. The third-order valence-corrected chi connectivity index (χ3v) is 3.64. The van der Waals surface area contributed by atoms with Crippen LogP contribution >= 0.6 is 0 Å². The zero-order chi connectivity index (χ0) is 12.6. The monoisotopic (exact) mass is 251 g/mol. The number of nitrogens with one attached hydrogen (secondary N) is 1. The first-order valence-electron chi connectivity index (χ1n) is 5.12. The summed E-state index contributed by atoms with van der Waals surface area (Å²) in [7, 11) is -2.52. The van der Waals surface area contributed by atoms with E-state index in [1.54, 1.807) is 19.2 Å². The predicted molar refractivity (Wildman–Crippen MR) is 68.0 cm³/mol. The molecule has 0 unspecified atom stereocenters. The van der Waals surface area contributed by atoms with E-state index in [4.69, 9.17) is 0 Å². The molecule has 0 bridgehead atoms. The molecule has 2 aromatic carbocycles. The Bertz CT molecular complexity index is 677. The number of hydrogen-bond donors (Lipinski definition) is 2. The molecular formula is C12H13NO3S. The molecule has 5 heteroatoms. The van der Waals surface area contributed by atoms with Crippen LogP contribution in [-0.4, -0.2) is 20.0 Å². The lowest BCUT2D eigenvalue weighted by Crippen LogP contribution is -2.01. The summed E-state index contributed by atoms with van der Waals surface area (Å²) >= 11 is 0. The van der Waals surface area contributed by atoms with Gasteiger partial charge in [-0.15, -0.1) is 0 Å². The minimum Gasteiger partial charge on any atom is -0.388 e. The molecule has 0 aliphatic rings. The number of benzene rings is 2. The van der Waals surface area contributed by atoms with Gasteiger partial charge in [0.1, 0.15) is 4.90 Å². The van der Waals surface area contributed by atoms with Gasteiger partial charge < -0.3 is 5.32 Å². The van der Waals surface area contributed by atoms with E-state index in [0.717, 1.165) is 10.9 Å². The maximum Gasteiger partial charge on any atom is 0.295 e. The summed E-state index contributed by atoms with van der Waals surface area (Å²) in [6.07, 6.45) is 0. The molecule has 0 heterocycles. The second kappa shape index (κ2) is 4.01. The van der Waals surface area contributed by atoms with Crippen molar-refractivity contribution in [1.82, 2.24) is 0 Å². The molecule has 2 rings (SSSR count). The van der Waals surface area contributed by atoms with Crippen molar-refractivity contribution in [3.05, 3.63) is 35.9 Å². The molecule has 0 spiro atoms. The van der Waals surface area contributed by atoms with E-state index in [-0.39, 0.29) is 4.90 Å². The average molecular weight is 251 g/mol. The van der Waals surface area contributed by atoms with Crippen LogP contribution < -0.4 is 5.32 Å². The molecule has 2 N–H and O–H groups in total. The fraction of sp³-hybridized carbons (Fsp3) is 0.167. The van der Waals surface area contributed by atoms with Gasteiger partial charge in [0, 0.05) is 18.1 Å². The van der Waals surface area contributed by atoms with Gasteiger partial charge in [-0.25, -0.2) is 0 Å². The maximum atomic E-state index is 11.4. The van der Waals surface area contributed by atoms with E-state index in [1.165, 1.54) is 6.07 Å². The number of hydrogen-bond acceptors (Lipinski definition) is 3. The first kappa shape index (κ1) is 11.9. The quantitative estimate of drug-likeness (QED) is 0.804.